The molecule has 116 valence electrons. The lowest BCUT2D eigenvalue weighted by Gasteiger charge is -2.08. The Bertz CT molecular complexity index is 667. The van der Waals surface area contributed by atoms with Crippen LogP contribution in [-0.2, 0) is 16.1 Å². The quantitative estimate of drug-likeness (QED) is 0.790. The first-order valence-electron chi connectivity index (χ1n) is 7.05. The highest BCUT2D eigenvalue weighted by Gasteiger charge is 2.13. The largest absolute Gasteiger partial charge is 0.368 e. The molecule has 0 saturated carbocycles. The number of hydrogen-bond donors (Lipinski definition) is 2. The maximum Gasteiger partial charge on any atom is 0.241 e. The first-order valence-corrected chi connectivity index (χ1v) is 7.05. The van der Waals surface area contributed by atoms with Crippen molar-refractivity contribution in [3.8, 4) is 11.4 Å². The number of unbranched alkanes of at least 4 members (excludes halogenated alkanes) is 1. The number of nitrogens with one attached hydrogen (secondary N) is 1. The normalized spacial score (nSPS) is 10.4. The Hall–Kier alpha value is -2.77. The molecule has 22 heavy (non-hydrogen) atoms. The molecule has 0 fully saturated rings. The summed E-state index contributed by atoms with van der Waals surface area (Å²) in [6.07, 6.45) is 2.26. The van der Waals surface area contributed by atoms with Crippen LogP contribution in [0.2, 0.25) is 0 Å². The zero-order valence-corrected chi connectivity index (χ0v) is 12.3. The zero-order valence-electron chi connectivity index (χ0n) is 12.3. The van der Waals surface area contributed by atoms with E-state index in [0.717, 1.165) is 17.6 Å². The standard InChI is InChI=1S/C14H18N6O2/c1-2-3-8-13(22)16-11-7-5-4-6-10(11)14-17-19-20(18-14)9-12(15)21/h4-7H,2-3,8-9H2,1H3,(H2,15,21)(H,16,22). The third-order valence-electron chi connectivity index (χ3n) is 2.95. The molecule has 0 unspecified atom stereocenters. The van der Waals surface area contributed by atoms with Crippen molar-refractivity contribution in [1.29, 1.82) is 0 Å². The summed E-state index contributed by atoms with van der Waals surface area (Å²) >= 11 is 0. The highest BCUT2D eigenvalue weighted by atomic mass is 16.2. The molecule has 0 saturated heterocycles. The number of anilines is 1. The smallest absolute Gasteiger partial charge is 0.241 e. The van der Waals surface area contributed by atoms with Crippen LogP contribution in [-0.4, -0.2) is 32.0 Å². The highest BCUT2D eigenvalue weighted by molar-refractivity contribution is 5.94. The molecule has 8 nitrogen and oxygen atoms in total. The van der Waals surface area contributed by atoms with Crippen LogP contribution in [0, 0.1) is 0 Å². The van der Waals surface area contributed by atoms with Crippen molar-refractivity contribution in [3.05, 3.63) is 24.3 Å². The minimum Gasteiger partial charge on any atom is -0.368 e. The van der Waals surface area contributed by atoms with Crippen molar-refractivity contribution >= 4 is 17.5 Å². The predicted octanol–water partition coefficient (Wildman–Crippen LogP) is 0.954. The van der Waals surface area contributed by atoms with Crippen LogP contribution in [0.25, 0.3) is 11.4 Å². The molecule has 0 aliphatic heterocycles. The van der Waals surface area contributed by atoms with E-state index in [1.54, 1.807) is 12.1 Å². The number of benzene rings is 1. The Morgan fingerprint density at radius 2 is 2.09 bits per heavy atom. The first kappa shape index (κ1) is 15.6. The number of hydrogen-bond acceptors (Lipinski definition) is 5. The maximum absolute atomic E-state index is 11.9. The number of rotatable bonds is 7. The summed E-state index contributed by atoms with van der Waals surface area (Å²) in [6.45, 7) is 1.89. The van der Waals surface area contributed by atoms with Gasteiger partial charge in [0.05, 0.1) is 5.69 Å². The Balaban J connectivity index is 2.19. The van der Waals surface area contributed by atoms with Crippen molar-refractivity contribution in [3.63, 3.8) is 0 Å². The van der Waals surface area contributed by atoms with E-state index < -0.39 is 5.91 Å². The second kappa shape index (κ2) is 7.30. The van der Waals surface area contributed by atoms with Crippen LogP contribution < -0.4 is 11.1 Å². The van der Waals surface area contributed by atoms with Gasteiger partial charge in [0, 0.05) is 12.0 Å². The van der Waals surface area contributed by atoms with Gasteiger partial charge in [-0.05, 0) is 23.8 Å². The van der Waals surface area contributed by atoms with Crippen LogP contribution in [0.5, 0.6) is 0 Å². The summed E-state index contributed by atoms with van der Waals surface area (Å²) in [6, 6.07) is 7.17. The molecule has 1 aromatic carbocycles. The van der Waals surface area contributed by atoms with E-state index in [9.17, 15) is 9.59 Å². The SMILES string of the molecule is CCCCC(=O)Nc1ccccc1-c1nnn(CC(N)=O)n1. The van der Waals surface area contributed by atoms with Crippen LogP contribution >= 0.6 is 0 Å². The van der Waals surface area contributed by atoms with Crippen LogP contribution in [0.4, 0.5) is 5.69 Å². The average molecular weight is 302 g/mol. The molecule has 8 heteroatoms. The van der Waals surface area contributed by atoms with Crippen molar-refractivity contribution in [2.75, 3.05) is 5.32 Å². The van der Waals surface area contributed by atoms with Crippen LogP contribution in [0.15, 0.2) is 24.3 Å². The molecule has 3 N–H and O–H groups in total. The van der Waals surface area contributed by atoms with Gasteiger partial charge in [-0.2, -0.15) is 4.80 Å². The zero-order chi connectivity index (χ0) is 15.9. The Morgan fingerprint density at radius 1 is 1.32 bits per heavy atom. The number of tetrazole rings is 1. The molecule has 2 rings (SSSR count). The van der Waals surface area contributed by atoms with E-state index in [-0.39, 0.29) is 12.5 Å². The van der Waals surface area contributed by atoms with E-state index in [1.807, 2.05) is 19.1 Å². The summed E-state index contributed by atoms with van der Waals surface area (Å²) in [5, 5.41) is 14.6. The number of nitrogens with zero attached hydrogens (tertiary/aromatic N) is 4. The fourth-order valence-corrected chi connectivity index (χ4v) is 1.89. The molecule has 0 aliphatic carbocycles. The number of aromatic nitrogens is 4. The number of carbonyl (C=O) groups is 2. The Morgan fingerprint density at radius 3 is 2.82 bits per heavy atom. The number of carbonyl (C=O) groups excluding carboxylic acids is 2. The summed E-state index contributed by atoms with van der Waals surface area (Å²) < 4.78 is 0. The molecular weight excluding hydrogens is 284 g/mol. The number of amides is 2. The molecule has 1 heterocycles. The van der Waals surface area contributed by atoms with E-state index >= 15 is 0 Å². The van der Waals surface area contributed by atoms with Gasteiger partial charge in [0.15, 0.2) is 0 Å². The van der Waals surface area contributed by atoms with Gasteiger partial charge in [0.1, 0.15) is 6.54 Å². The van der Waals surface area contributed by atoms with Gasteiger partial charge in [0.25, 0.3) is 0 Å². The number of nitrogens with two attached hydrogens (primary N) is 1. The predicted molar refractivity (Wildman–Crippen MR) is 80.6 cm³/mol. The number of primary amides is 1. The van der Waals surface area contributed by atoms with Gasteiger partial charge in [-0.1, -0.05) is 25.5 Å². The Labute approximate surface area is 127 Å². The third-order valence-corrected chi connectivity index (χ3v) is 2.95. The van der Waals surface area contributed by atoms with Gasteiger partial charge in [-0.25, -0.2) is 0 Å². The summed E-state index contributed by atoms with van der Waals surface area (Å²) in [7, 11) is 0. The molecule has 2 aromatic rings. The molecule has 1 aromatic heterocycles. The topological polar surface area (TPSA) is 116 Å². The summed E-state index contributed by atoms with van der Waals surface area (Å²) in [5.41, 5.74) is 6.35. The van der Waals surface area contributed by atoms with Crippen LogP contribution in [0.1, 0.15) is 26.2 Å². The van der Waals surface area contributed by atoms with Crippen molar-refractivity contribution < 1.29 is 9.59 Å². The second-order valence-corrected chi connectivity index (χ2v) is 4.81. The first-order chi connectivity index (χ1) is 10.6. The maximum atomic E-state index is 11.9. The van der Waals surface area contributed by atoms with Crippen LogP contribution in [0.3, 0.4) is 0 Å². The van der Waals surface area contributed by atoms with E-state index in [2.05, 4.69) is 20.7 Å². The minimum atomic E-state index is -0.551. The minimum absolute atomic E-state index is 0.0566. The molecule has 0 bridgehead atoms. The van der Waals surface area contributed by atoms with Crippen molar-refractivity contribution in [1.82, 2.24) is 20.2 Å². The number of para-hydroxylation sites is 1. The molecule has 2 amide bonds. The van der Waals surface area contributed by atoms with Crippen molar-refractivity contribution in [2.24, 2.45) is 5.73 Å². The van der Waals surface area contributed by atoms with Gasteiger partial charge in [-0.3, -0.25) is 9.59 Å². The monoisotopic (exact) mass is 302 g/mol. The highest BCUT2D eigenvalue weighted by Crippen LogP contribution is 2.24. The van der Waals surface area contributed by atoms with Gasteiger partial charge >= 0.3 is 0 Å². The fourth-order valence-electron chi connectivity index (χ4n) is 1.89. The lowest BCUT2D eigenvalue weighted by atomic mass is 10.1. The third kappa shape index (κ3) is 4.11. The second-order valence-electron chi connectivity index (χ2n) is 4.81. The molecular formula is C14H18N6O2. The fraction of sp³-hybridized carbons (Fsp3) is 0.357. The lowest BCUT2D eigenvalue weighted by molar-refractivity contribution is -0.119. The van der Waals surface area contributed by atoms with Gasteiger partial charge in [0.2, 0.25) is 17.6 Å². The van der Waals surface area contributed by atoms with Gasteiger partial charge < -0.3 is 11.1 Å². The summed E-state index contributed by atoms with van der Waals surface area (Å²) in [5.74, 6) is -0.281. The van der Waals surface area contributed by atoms with E-state index in [1.165, 1.54) is 0 Å². The molecule has 0 aliphatic rings. The molecule has 0 radical (unpaired) electrons. The molecule has 0 atom stereocenters. The Kier molecular flexibility index (Phi) is 5.18. The van der Waals surface area contributed by atoms with Gasteiger partial charge in [-0.15, -0.1) is 10.2 Å². The summed E-state index contributed by atoms with van der Waals surface area (Å²) in [4.78, 5) is 23.9. The van der Waals surface area contributed by atoms with E-state index in [0.29, 0.717) is 23.5 Å². The van der Waals surface area contributed by atoms with E-state index in [4.69, 9.17) is 5.73 Å². The lowest BCUT2D eigenvalue weighted by Crippen LogP contribution is -2.20. The molecule has 0 spiro atoms. The van der Waals surface area contributed by atoms with Crippen molar-refractivity contribution in [2.45, 2.75) is 32.7 Å². The average Bonchev–Trinajstić information content (AvgIpc) is 2.93.